The van der Waals surface area contributed by atoms with Gasteiger partial charge in [0.1, 0.15) is 5.60 Å². The normalized spacial score (nSPS) is 11.4. The Kier molecular flexibility index (Phi) is 11.1. The highest BCUT2D eigenvalue weighted by molar-refractivity contribution is 14.0. The maximum absolute atomic E-state index is 11.5. The molecule has 0 atom stereocenters. The molecule has 0 bridgehead atoms. The number of aliphatic imine (C=N–C) groups is 1. The predicted octanol–water partition coefficient (Wildman–Crippen LogP) is 3.57. The van der Waals surface area contributed by atoms with Crippen LogP contribution in [0.5, 0.6) is 0 Å². The van der Waals surface area contributed by atoms with Crippen molar-refractivity contribution in [1.29, 1.82) is 0 Å². The third-order valence-electron chi connectivity index (χ3n) is 3.06. The Morgan fingerprint density at radius 1 is 1.20 bits per heavy atom. The van der Waals surface area contributed by atoms with Gasteiger partial charge < -0.3 is 20.7 Å². The maximum atomic E-state index is 11.5. The van der Waals surface area contributed by atoms with E-state index in [0.29, 0.717) is 25.6 Å². The highest BCUT2D eigenvalue weighted by Crippen LogP contribution is 2.15. The highest BCUT2D eigenvalue weighted by atomic mass is 127. The van der Waals surface area contributed by atoms with E-state index >= 15 is 0 Å². The molecule has 0 heterocycles. The molecule has 0 spiro atoms. The zero-order valence-corrected chi connectivity index (χ0v) is 19.3. The summed E-state index contributed by atoms with van der Waals surface area (Å²) < 4.78 is 6.24. The van der Waals surface area contributed by atoms with Crippen molar-refractivity contribution in [3.63, 3.8) is 0 Å². The summed E-state index contributed by atoms with van der Waals surface area (Å²) in [6.07, 6.45) is -0.419. The monoisotopic (exact) mass is 526 g/mol. The van der Waals surface area contributed by atoms with E-state index in [0.717, 1.165) is 4.47 Å². The molecule has 0 radical (unpaired) electrons. The van der Waals surface area contributed by atoms with Crippen molar-refractivity contribution in [3.8, 4) is 0 Å². The van der Waals surface area contributed by atoms with Crippen molar-refractivity contribution in [2.75, 3.05) is 20.1 Å². The van der Waals surface area contributed by atoms with E-state index in [2.05, 4.69) is 55.9 Å². The molecule has 6 nitrogen and oxygen atoms in total. The van der Waals surface area contributed by atoms with Crippen LogP contribution >= 0.6 is 39.9 Å². The average molecular weight is 527 g/mol. The third-order valence-corrected chi connectivity index (χ3v) is 3.55. The lowest BCUT2D eigenvalue weighted by molar-refractivity contribution is 0.0529. The first kappa shape index (κ1) is 24.0. The topological polar surface area (TPSA) is 74.8 Å². The van der Waals surface area contributed by atoms with E-state index in [1.165, 1.54) is 11.1 Å². The molecule has 0 saturated heterocycles. The summed E-state index contributed by atoms with van der Waals surface area (Å²) in [6.45, 7) is 9.26. The Hall–Kier alpha value is -1.03. The first-order valence-electron chi connectivity index (χ1n) is 7.87. The third kappa shape index (κ3) is 10.5. The van der Waals surface area contributed by atoms with Crippen molar-refractivity contribution in [3.05, 3.63) is 33.8 Å². The van der Waals surface area contributed by atoms with Gasteiger partial charge in [-0.05, 0) is 51.0 Å². The molecule has 8 heteroatoms. The molecule has 0 saturated carbocycles. The van der Waals surface area contributed by atoms with E-state index in [-0.39, 0.29) is 24.0 Å². The number of ether oxygens (including phenoxy) is 1. The minimum Gasteiger partial charge on any atom is -0.444 e. The predicted molar refractivity (Wildman–Crippen MR) is 117 cm³/mol. The molecular formula is C17H28BrIN4O2. The Morgan fingerprint density at radius 2 is 1.84 bits per heavy atom. The van der Waals surface area contributed by atoms with E-state index in [9.17, 15) is 4.79 Å². The molecule has 0 aliphatic heterocycles. The SMILES string of the molecule is CN=C(NCCNC(=O)OC(C)(C)C)NCc1ccc(Br)cc1C.I. The fourth-order valence-electron chi connectivity index (χ4n) is 1.92. The Balaban J connectivity index is 0.00000576. The molecular weight excluding hydrogens is 499 g/mol. The Labute approximate surface area is 175 Å². The lowest BCUT2D eigenvalue weighted by Crippen LogP contribution is -2.42. The smallest absolute Gasteiger partial charge is 0.407 e. The van der Waals surface area contributed by atoms with Gasteiger partial charge in [0.2, 0.25) is 0 Å². The van der Waals surface area contributed by atoms with E-state index in [1.807, 2.05) is 26.8 Å². The Morgan fingerprint density at radius 3 is 2.40 bits per heavy atom. The second-order valence-corrected chi connectivity index (χ2v) is 7.27. The molecule has 1 amide bonds. The lowest BCUT2D eigenvalue weighted by Gasteiger charge is -2.20. The number of nitrogens with one attached hydrogen (secondary N) is 3. The molecule has 1 aromatic rings. The molecule has 25 heavy (non-hydrogen) atoms. The number of amides is 1. The van der Waals surface area contributed by atoms with Gasteiger partial charge in [-0.3, -0.25) is 4.99 Å². The van der Waals surface area contributed by atoms with Crippen LogP contribution in [0.15, 0.2) is 27.7 Å². The zero-order chi connectivity index (χ0) is 18.2. The molecule has 0 aliphatic carbocycles. The van der Waals surface area contributed by atoms with Crippen LogP contribution in [0.1, 0.15) is 31.9 Å². The van der Waals surface area contributed by atoms with Crippen LogP contribution < -0.4 is 16.0 Å². The number of carbonyl (C=O) groups excluding carboxylic acids is 1. The van der Waals surface area contributed by atoms with Crippen molar-refractivity contribution >= 4 is 52.0 Å². The number of carbonyl (C=O) groups is 1. The van der Waals surface area contributed by atoms with Crippen molar-refractivity contribution in [2.45, 2.75) is 39.8 Å². The summed E-state index contributed by atoms with van der Waals surface area (Å²) in [5.41, 5.74) is 1.92. The standard InChI is InChI=1S/C17H27BrN4O2.HI/c1-12-10-14(18)7-6-13(12)11-22-15(19-5)20-8-9-21-16(23)24-17(2,3)4;/h6-7,10H,8-9,11H2,1-5H3,(H,21,23)(H2,19,20,22);1H. The van der Waals surface area contributed by atoms with Crippen LogP contribution in [-0.2, 0) is 11.3 Å². The fourth-order valence-corrected chi connectivity index (χ4v) is 2.39. The van der Waals surface area contributed by atoms with Gasteiger partial charge in [0, 0.05) is 31.2 Å². The van der Waals surface area contributed by atoms with Crippen LogP contribution in [0.25, 0.3) is 0 Å². The molecule has 0 aromatic heterocycles. The van der Waals surface area contributed by atoms with Crippen molar-refractivity contribution in [2.24, 2.45) is 4.99 Å². The number of halogens is 2. The molecule has 1 rings (SSSR count). The molecule has 1 aromatic carbocycles. The van der Waals surface area contributed by atoms with Gasteiger partial charge in [-0.15, -0.1) is 24.0 Å². The van der Waals surface area contributed by atoms with E-state index in [4.69, 9.17) is 4.74 Å². The molecule has 3 N–H and O–H groups in total. The first-order chi connectivity index (χ1) is 11.2. The second-order valence-electron chi connectivity index (χ2n) is 6.35. The van der Waals surface area contributed by atoms with E-state index in [1.54, 1.807) is 7.05 Å². The van der Waals surface area contributed by atoms with Crippen molar-refractivity contribution in [1.82, 2.24) is 16.0 Å². The van der Waals surface area contributed by atoms with Crippen LogP contribution in [0.3, 0.4) is 0 Å². The summed E-state index contributed by atoms with van der Waals surface area (Å²) in [6, 6.07) is 6.17. The largest absolute Gasteiger partial charge is 0.444 e. The number of benzene rings is 1. The number of nitrogens with zero attached hydrogens (tertiary/aromatic N) is 1. The number of guanidine groups is 1. The molecule has 0 unspecified atom stereocenters. The van der Waals surface area contributed by atoms with E-state index < -0.39 is 11.7 Å². The summed E-state index contributed by atoms with van der Waals surface area (Å²) in [5.74, 6) is 0.684. The molecule has 142 valence electrons. The summed E-state index contributed by atoms with van der Waals surface area (Å²) in [4.78, 5) is 15.7. The van der Waals surface area contributed by atoms with Crippen LogP contribution in [0.2, 0.25) is 0 Å². The minimum atomic E-state index is -0.488. The van der Waals surface area contributed by atoms with Gasteiger partial charge in [0.25, 0.3) is 0 Å². The minimum absolute atomic E-state index is 0. The number of aryl methyl sites for hydroxylation is 1. The number of alkyl carbamates (subject to hydrolysis) is 1. The Bertz CT molecular complexity index is 589. The van der Waals surface area contributed by atoms with Gasteiger partial charge in [-0.2, -0.15) is 0 Å². The first-order valence-corrected chi connectivity index (χ1v) is 8.67. The zero-order valence-electron chi connectivity index (χ0n) is 15.4. The highest BCUT2D eigenvalue weighted by Gasteiger charge is 2.15. The van der Waals surface area contributed by atoms with Crippen LogP contribution in [0, 0.1) is 6.92 Å². The fraction of sp³-hybridized carbons (Fsp3) is 0.529. The maximum Gasteiger partial charge on any atom is 0.407 e. The quantitative estimate of drug-likeness (QED) is 0.237. The molecule has 0 aliphatic rings. The van der Waals surface area contributed by atoms with Gasteiger partial charge >= 0.3 is 6.09 Å². The van der Waals surface area contributed by atoms with Crippen LogP contribution in [-0.4, -0.2) is 37.8 Å². The summed E-state index contributed by atoms with van der Waals surface area (Å²) in [5, 5.41) is 9.10. The summed E-state index contributed by atoms with van der Waals surface area (Å²) in [7, 11) is 1.71. The number of hydrogen-bond donors (Lipinski definition) is 3. The van der Waals surface area contributed by atoms with Gasteiger partial charge in [-0.25, -0.2) is 4.79 Å². The number of hydrogen-bond acceptors (Lipinski definition) is 3. The number of rotatable bonds is 5. The summed E-state index contributed by atoms with van der Waals surface area (Å²) >= 11 is 3.46. The van der Waals surface area contributed by atoms with Crippen molar-refractivity contribution < 1.29 is 9.53 Å². The second kappa shape index (κ2) is 11.6. The van der Waals surface area contributed by atoms with Crippen LogP contribution in [0.4, 0.5) is 4.79 Å². The van der Waals surface area contributed by atoms with Gasteiger partial charge in [-0.1, -0.05) is 22.0 Å². The van der Waals surface area contributed by atoms with Gasteiger partial charge in [0.15, 0.2) is 5.96 Å². The van der Waals surface area contributed by atoms with Gasteiger partial charge in [0.05, 0.1) is 0 Å². The average Bonchev–Trinajstić information content (AvgIpc) is 2.46. The lowest BCUT2D eigenvalue weighted by atomic mass is 10.1. The molecule has 0 fully saturated rings.